The van der Waals surface area contributed by atoms with Crippen molar-refractivity contribution in [3.63, 3.8) is 0 Å². The van der Waals surface area contributed by atoms with Gasteiger partial charge < -0.3 is 10.1 Å². The van der Waals surface area contributed by atoms with Crippen LogP contribution < -0.4 is 10.1 Å². The number of aryl methyl sites for hydroxylation is 1. The summed E-state index contributed by atoms with van der Waals surface area (Å²) in [6, 6.07) is 2.36. The Kier molecular flexibility index (Phi) is 4.10. The number of aromatic nitrogens is 2. The molecule has 0 bridgehead atoms. The van der Waals surface area contributed by atoms with Crippen molar-refractivity contribution in [3.05, 3.63) is 11.8 Å². The van der Waals surface area contributed by atoms with Crippen molar-refractivity contribution in [2.45, 2.75) is 39.3 Å². The van der Waals surface area contributed by atoms with E-state index in [9.17, 15) is 0 Å². The van der Waals surface area contributed by atoms with E-state index in [0.717, 1.165) is 11.4 Å². The highest BCUT2D eigenvalue weighted by atomic mass is 32.2. The molecule has 1 fully saturated rings. The number of rotatable bonds is 4. The predicted octanol–water partition coefficient (Wildman–Crippen LogP) is 2.49. The van der Waals surface area contributed by atoms with E-state index in [1.807, 2.05) is 38.6 Å². The molecule has 94 valence electrons. The molecule has 4 nitrogen and oxygen atoms in total. The molecule has 0 saturated carbocycles. The van der Waals surface area contributed by atoms with E-state index in [4.69, 9.17) is 4.74 Å². The molecule has 0 radical (unpaired) electrons. The zero-order valence-electron chi connectivity index (χ0n) is 10.6. The third-order valence-corrected chi connectivity index (χ3v) is 3.61. The number of nitrogens with zero attached hydrogens (tertiary/aromatic N) is 2. The molecule has 1 aliphatic rings. The quantitative estimate of drug-likeness (QED) is 0.893. The minimum Gasteiger partial charge on any atom is -0.475 e. The summed E-state index contributed by atoms with van der Waals surface area (Å²) < 4.78 is 5.60. The molecule has 1 unspecified atom stereocenters. The van der Waals surface area contributed by atoms with Crippen LogP contribution in [0.25, 0.3) is 0 Å². The number of anilines is 1. The zero-order valence-corrected chi connectivity index (χ0v) is 11.4. The van der Waals surface area contributed by atoms with Crippen LogP contribution >= 0.6 is 11.8 Å². The molecule has 0 amide bonds. The summed E-state index contributed by atoms with van der Waals surface area (Å²) in [5.41, 5.74) is 0.934. The Bertz CT molecular complexity index is 378. The number of ether oxygens (including phenoxy) is 1. The average molecular weight is 253 g/mol. The molecule has 1 aromatic heterocycles. The Morgan fingerprint density at radius 1 is 1.47 bits per heavy atom. The van der Waals surface area contributed by atoms with Gasteiger partial charge in [0.2, 0.25) is 11.8 Å². The maximum atomic E-state index is 5.60. The largest absolute Gasteiger partial charge is 0.475 e. The van der Waals surface area contributed by atoms with Gasteiger partial charge in [0.15, 0.2) is 0 Å². The fraction of sp³-hybridized carbons (Fsp3) is 0.667. The Labute approximate surface area is 107 Å². The van der Waals surface area contributed by atoms with E-state index in [1.165, 1.54) is 12.2 Å². The van der Waals surface area contributed by atoms with Crippen LogP contribution in [0, 0.1) is 6.92 Å². The van der Waals surface area contributed by atoms with Crippen LogP contribution in [0.4, 0.5) is 5.95 Å². The van der Waals surface area contributed by atoms with Crippen LogP contribution in [0.3, 0.4) is 0 Å². The second kappa shape index (κ2) is 5.58. The van der Waals surface area contributed by atoms with Crippen molar-refractivity contribution in [2.75, 3.05) is 16.8 Å². The standard InChI is InChI=1S/C12H19N3OS/c1-8(2)16-11-6-9(3)13-12(15-11)14-10-4-5-17-7-10/h6,8,10H,4-5,7H2,1-3H3,(H,13,14,15). The first-order chi connectivity index (χ1) is 8.13. The van der Waals surface area contributed by atoms with Crippen molar-refractivity contribution >= 4 is 17.7 Å². The molecule has 1 aromatic rings. The molecular weight excluding hydrogens is 234 g/mol. The Balaban J connectivity index is 2.07. The van der Waals surface area contributed by atoms with E-state index >= 15 is 0 Å². The van der Waals surface area contributed by atoms with E-state index in [1.54, 1.807) is 0 Å². The summed E-state index contributed by atoms with van der Waals surface area (Å²) in [6.07, 6.45) is 1.32. The highest BCUT2D eigenvalue weighted by molar-refractivity contribution is 7.99. The molecule has 1 atom stereocenters. The van der Waals surface area contributed by atoms with Crippen LogP contribution in [-0.4, -0.2) is 33.6 Å². The lowest BCUT2D eigenvalue weighted by molar-refractivity contribution is 0.232. The summed E-state index contributed by atoms with van der Waals surface area (Å²) in [4.78, 5) is 8.78. The van der Waals surface area contributed by atoms with Gasteiger partial charge in [-0.05, 0) is 32.9 Å². The van der Waals surface area contributed by atoms with E-state index < -0.39 is 0 Å². The number of hydrogen-bond donors (Lipinski definition) is 1. The molecule has 1 saturated heterocycles. The summed E-state index contributed by atoms with van der Waals surface area (Å²) in [5, 5.41) is 3.37. The lowest BCUT2D eigenvalue weighted by Crippen LogP contribution is -2.20. The van der Waals surface area contributed by atoms with Gasteiger partial charge in [-0.25, -0.2) is 4.98 Å². The number of thioether (sulfide) groups is 1. The molecule has 1 aliphatic heterocycles. The molecule has 1 N–H and O–H groups in total. The van der Waals surface area contributed by atoms with Gasteiger partial charge in [0.1, 0.15) is 0 Å². The van der Waals surface area contributed by atoms with Gasteiger partial charge in [-0.1, -0.05) is 0 Å². The SMILES string of the molecule is Cc1cc(OC(C)C)nc(NC2CCSC2)n1. The third-order valence-electron chi connectivity index (χ3n) is 2.45. The summed E-state index contributed by atoms with van der Waals surface area (Å²) in [5.74, 6) is 3.70. The zero-order chi connectivity index (χ0) is 12.3. The average Bonchev–Trinajstić information content (AvgIpc) is 2.67. The van der Waals surface area contributed by atoms with Gasteiger partial charge in [0, 0.05) is 23.6 Å². The first kappa shape index (κ1) is 12.5. The monoisotopic (exact) mass is 253 g/mol. The maximum absolute atomic E-state index is 5.60. The molecule has 2 heterocycles. The number of hydrogen-bond acceptors (Lipinski definition) is 5. The van der Waals surface area contributed by atoms with Crippen molar-refractivity contribution in [1.82, 2.24) is 9.97 Å². The molecule has 0 aliphatic carbocycles. The summed E-state index contributed by atoms with van der Waals surface area (Å²) >= 11 is 1.97. The van der Waals surface area contributed by atoms with Crippen molar-refractivity contribution < 1.29 is 4.74 Å². The molecule has 2 rings (SSSR count). The first-order valence-electron chi connectivity index (χ1n) is 6.00. The van der Waals surface area contributed by atoms with Crippen molar-refractivity contribution in [3.8, 4) is 5.88 Å². The Morgan fingerprint density at radius 2 is 2.29 bits per heavy atom. The molecule has 17 heavy (non-hydrogen) atoms. The lowest BCUT2D eigenvalue weighted by Gasteiger charge is -2.14. The van der Waals surface area contributed by atoms with Crippen molar-refractivity contribution in [2.24, 2.45) is 0 Å². The highest BCUT2D eigenvalue weighted by Gasteiger charge is 2.16. The van der Waals surface area contributed by atoms with Gasteiger partial charge in [0.05, 0.1) is 6.10 Å². The van der Waals surface area contributed by atoms with Crippen LogP contribution in [0.2, 0.25) is 0 Å². The normalized spacial score (nSPS) is 19.6. The second-order valence-corrected chi connectivity index (χ2v) is 5.69. The van der Waals surface area contributed by atoms with Crippen LogP contribution in [-0.2, 0) is 0 Å². The summed E-state index contributed by atoms with van der Waals surface area (Å²) in [7, 11) is 0. The minimum atomic E-state index is 0.138. The smallest absolute Gasteiger partial charge is 0.226 e. The van der Waals surface area contributed by atoms with Gasteiger partial charge in [-0.3, -0.25) is 0 Å². The highest BCUT2D eigenvalue weighted by Crippen LogP contribution is 2.21. The van der Waals surface area contributed by atoms with E-state index in [2.05, 4.69) is 15.3 Å². The molecule has 0 spiro atoms. The van der Waals surface area contributed by atoms with Gasteiger partial charge in [-0.15, -0.1) is 0 Å². The fourth-order valence-electron chi connectivity index (χ4n) is 1.74. The van der Waals surface area contributed by atoms with Gasteiger partial charge in [0.25, 0.3) is 0 Å². The van der Waals surface area contributed by atoms with Gasteiger partial charge >= 0.3 is 0 Å². The Hall–Kier alpha value is -0.970. The topological polar surface area (TPSA) is 47.0 Å². The minimum absolute atomic E-state index is 0.138. The Morgan fingerprint density at radius 3 is 2.94 bits per heavy atom. The van der Waals surface area contributed by atoms with Crippen LogP contribution in [0.5, 0.6) is 5.88 Å². The van der Waals surface area contributed by atoms with Crippen molar-refractivity contribution in [1.29, 1.82) is 0 Å². The second-order valence-electron chi connectivity index (χ2n) is 4.54. The molecular formula is C12H19N3OS. The summed E-state index contributed by atoms with van der Waals surface area (Å²) in [6.45, 7) is 5.96. The third kappa shape index (κ3) is 3.77. The number of nitrogens with one attached hydrogen (secondary N) is 1. The van der Waals surface area contributed by atoms with E-state index in [0.29, 0.717) is 17.9 Å². The van der Waals surface area contributed by atoms with E-state index in [-0.39, 0.29) is 6.10 Å². The predicted molar refractivity (Wildman–Crippen MR) is 71.9 cm³/mol. The van der Waals surface area contributed by atoms with Crippen LogP contribution in [0.1, 0.15) is 26.0 Å². The maximum Gasteiger partial charge on any atom is 0.226 e. The van der Waals surface area contributed by atoms with Crippen LogP contribution in [0.15, 0.2) is 6.07 Å². The molecule has 5 heteroatoms. The first-order valence-corrected chi connectivity index (χ1v) is 7.15. The lowest BCUT2D eigenvalue weighted by atomic mass is 10.3. The fourth-order valence-corrected chi connectivity index (χ4v) is 2.89. The van der Waals surface area contributed by atoms with Gasteiger partial charge in [-0.2, -0.15) is 16.7 Å². The molecule has 0 aromatic carbocycles.